The van der Waals surface area contributed by atoms with Gasteiger partial charge in [-0.05, 0) is 49.2 Å². The summed E-state index contributed by atoms with van der Waals surface area (Å²) < 4.78 is 11.2. The van der Waals surface area contributed by atoms with Gasteiger partial charge in [0.05, 0.1) is 32.5 Å². The van der Waals surface area contributed by atoms with E-state index in [9.17, 15) is 9.59 Å². The zero-order chi connectivity index (χ0) is 25.8. The Morgan fingerprint density at radius 3 is 2.44 bits per heavy atom. The summed E-state index contributed by atoms with van der Waals surface area (Å²) in [6.07, 6.45) is 4.17. The van der Waals surface area contributed by atoms with E-state index in [1.165, 1.54) is 0 Å². The van der Waals surface area contributed by atoms with Crippen molar-refractivity contribution in [2.75, 3.05) is 52.8 Å². The van der Waals surface area contributed by atoms with Gasteiger partial charge in [-0.3, -0.25) is 19.5 Å². The second-order valence-corrected chi connectivity index (χ2v) is 9.32. The first kappa shape index (κ1) is 25.4. The Bertz CT molecular complexity index is 1190. The Hall–Kier alpha value is -3.65. The van der Waals surface area contributed by atoms with Crippen LogP contribution in [0.1, 0.15) is 23.6 Å². The van der Waals surface area contributed by atoms with Gasteiger partial charge in [-0.25, -0.2) is 0 Å². The average Bonchev–Trinajstić information content (AvgIpc) is 3.01. The first-order valence-corrected chi connectivity index (χ1v) is 12.2. The molecule has 0 saturated carbocycles. The minimum atomic E-state index is -0.194. The van der Waals surface area contributed by atoms with E-state index in [0.717, 1.165) is 41.1 Å². The van der Waals surface area contributed by atoms with Crippen LogP contribution in [0.2, 0.25) is 0 Å². The zero-order valence-electron chi connectivity index (χ0n) is 21.6. The maximum Gasteiger partial charge on any atom is 0.243 e. The van der Waals surface area contributed by atoms with E-state index in [1.54, 1.807) is 27.3 Å². The first-order chi connectivity index (χ1) is 17.3. The molecule has 0 aliphatic carbocycles. The predicted octanol–water partition coefficient (Wildman–Crippen LogP) is 2.68. The van der Waals surface area contributed by atoms with Crippen molar-refractivity contribution < 1.29 is 19.1 Å². The second-order valence-electron chi connectivity index (χ2n) is 9.32. The van der Waals surface area contributed by atoms with Gasteiger partial charge in [0, 0.05) is 43.0 Å². The fraction of sp³-hybridized carbons (Fsp3) is 0.393. The molecule has 1 fully saturated rings. The number of rotatable bonds is 6. The standard InChI is InChI=1S/C28H34N4O4/c1-18-14-20-15-24(35-4)25(36-5)16-22(20)28(30-23(18)10-11-26(33)29-2)19-6-8-21(9-7-19)32-13-12-31(3)17-27(32)34/h6-11,15-16,18,23H,12-14,17H2,1-5H3,(H,29,33). The highest BCUT2D eigenvalue weighted by molar-refractivity contribution is 6.14. The van der Waals surface area contributed by atoms with E-state index in [4.69, 9.17) is 14.5 Å². The molecule has 0 spiro atoms. The van der Waals surface area contributed by atoms with E-state index < -0.39 is 0 Å². The summed E-state index contributed by atoms with van der Waals surface area (Å²) in [5, 5.41) is 2.63. The molecule has 1 N–H and O–H groups in total. The third-order valence-electron chi connectivity index (χ3n) is 6.82. The van der Waals surface area contributed by atoms with Crippen LogP contribution < -0.4 is 19.7 Å². The number of carbonyl (C=O) groups is 2. The van der Waals surface area contributed by atoms with Crippen molar-refractivity contribution >= 4 is 23.2 Å². The van der Waals surface area contributed by atoms with Gasteiger partial charge in [0.25, 0.3) is 0 Å². The summed E-state index contributed by atoms with van der Waals surface area (Å²) in [6, 6.07) is 11.8. The Labute approximate surface area is 212 Å². The summed E-state index contributed by atoms with van der Waals surface area (Å²) in [4.78, 5) is 33.5. The molecule has 2 aromatic rings. The van der Waals surface area contributed by atoms with Gasteiger partial charge in [-0.1, -0.05) is 25.1 Å². The third-order valence-corrected chi connectivity index (χ3v) is 6.82. The Morgan fingerprint density at radius 1 is 1.11 bits per heavy atom. The number of fused-ring (bicyclic) bond motifs is 1. The van der Waals surface area contributed by atoms with Crippen LogP contribution in [-0.2, 0) is 16.0 Å². The largest absolute Gasteiger partial charge is 0.493 e. The molecular weight excluding hydrogens is 456 g/mol. The van der Waals surface area contributed by atoms with Crippen molar-refractivity contribution in [3.8, 4) is 11.5 Å². The molecule has 8 heteroatoms. The number of likely N-dealkylation sites (N-methyl/N-ethyl adjacent to an activating group) is 2. The normalized spacial score (nSPS) is 20.5. The van der Waals surface area contributed by atoms with Crippen LogP contribution in [0.5, 0.6) is 11.5 Å². The minimum Gasteiger partial charge on any atom is -0.493 e. The summed E-state index contributed by atoms with van der Waals surface area (Å²) in [5.74, 6) is 1.40. The highest BCUT2D eigenvalue weighted by Gasteiger charge is 2.27. The summed E-state index contributed by atoms with van der Waals surface area (Å²) >= 11 is 0. The number of nitrogens with zero attached hydrogens (tertiary/aromatic N) is 3. The van der Waals surface area contributed by atoms with Crippen LogP contribution in [0.4, 0.5) is 5.69 Å². The SMILES string of the molecule is CNC(=O)C=CC1N=C(c2ccc(N3CCN(C)CC3=O)cc2)c2cc(OC)c(OC)cc2CC1C. The van der Waals surface area contributed by atoms with E-state index in [-0.39, 0.29) is 23.8 Å². The molecule has 2 heterocycles. The topological polar surface area (TPSA) is 83.5 Å². The van der Waals surface area contributed by atoms with E-state index in [2.05, 4.69) is 12.2 Å². The van der Waals surface area contributed by atoms with E-state index in [0.29, 0.717) is 24.6 Å². The maximum atomic E-state index is 12.6. The van der Waals surface area contributed by atoms with Crippen molar-refractivity contribution in [1.82, 2.24) is 10.2 Å². The van der Waals surface area contributed by atoms with Crippen LogP contribution >= 0.6 is 0 Å². The number of anilines is 1. The molecule has 0 radical (unpaired) electrons. The number of nitrogens with one attached hydrogen (secondary N) is 1. The molecule has 4 rings (SSSR count). The monoisotopic (exact) mass is 490 g/mol. The van der Waals surface area contributed by atoms with Gasteiger partial charge in [-0.15, -0.1) is 0 Å². The molecule has 36 heavy (non-hydrogen) atoms. The lowest BCUT2D eigenvalue weighted by Gasteiger charge is -2.32. The predicted molar refractivity (Wildman–Crippen MR) is 141 cm³/mol. The maximum absolute atomic E-state index is 12.6. The average molecular weight is 491 g/mol. The Kier molecular flexibility index (Phi) is 7.74. The highest BCUT2D eigenvalue weighted by Crippen LogP contribution is 2.36. The molecule has 2 unspecified atom stereocenters. The van der Waals surface area contributed by atoms with Gasteiger partial charge in [0.2, 0.25) is 11.8 Å². The fourth-order valence-electron chi connectivity index (χ4n) is 4.72. The highest BCUT2D eigenvalue weighted by atomic mass is 16.5. The number of piperazine rings is 1. The summed E-state index contributed by atoms with van der Waals surface area (Å²) in [6.45, 7) is 4.06. The smallest absolute Gasteiger partial charge is 0.243 e. The number of aliphatic imine (C=N–C) groups is 1. The van der Waals surface area contributed by atoms with Crippen molar-refractivity contribution in [3.63, 3.8) is 0 Å². The van der Waals surface area contributed by atoms with Gasteiger partial charge >= 0.3 is 0 Å². The zero-order valence-corrected chi connectivity index (χ0v) is 21.6. The molecule has 0 bridgehead atoms. The second kappa shape index (κ2) is 11.0. The Morgan fingerprint density at radius 2 is 1.81 bits per heavy atom. The lowest BCUT2D eigenvalue weighted by molar-refractivity contribution is -0.120. The number of carbonyl (C=O) groups excluding carboxylic acids is 2. The van der Waals surface area contributed by atoms with Gasteiger partial charge in [0.15, 0.2) is 11.5 Å². The molecule has 2 amide bonds. The molecule has 2 atom stereocenters. The van der Waals surface area contributed by atoms with Crippen LogP contribution in [0.3, 0.4) is 0 Å². The van der Waals surface area contributed by atoms with Gasteiger partial charge in [0.1, 0.15) is 0 Å². The van der Waals surface area contributed by atoms with E-state index in [1.807, 2.05) is 59.3 Å². The molecular formula is C28H34N4O4. The summed E-state index contributed by atoms with van der Waals surface area (Å²) in [5.41, 5.74) is 4.70. The molecule has 2 aromatic carbocycles. The van der Waals surface area contributed by atoms with Crippen LogP contribution in [-0.4, -0.2) is 76.4 Å². The lowest BCUT2D eigenvalue weighted by Crippen LogP contribution is -2.48. The number of ether oxygens (including phenoxy) is 2. The van der Waals surface area contributed by atoms with Crippen LogP contribution in [0.25, 0.3) is 0 Å². The number of hydrogen-bond acceptors (Lipinski definition) is 6. The molecule has 0 aromatic heterocycles. The molecule has 2 aliphatic heterocycles. The molecule has 190 valence electrons. The molecule has 2 aliphatic rings. The van der Waals surface area contributed by atoms with Crippen molar-refractivity contribution in [2.45, 2.75) is 19.4 Å². The minimum absolute atomic E-state index is 0.0960. The number of hydrogen-bond donors (Lipinski definition) is 1. The first-order valence-electron chi connectivity index (χ1n) is 12.2. The number of methoxy groups -OCH3 is 2. The van der Waals surface area contributed by atoms with Crippen LogP contribution in [0.15, 0.2) is 53.5 Å². The van der Waals surface area contributed by atoms with Crippen molar-refractivity contribution in [3.05, 3.63) is 65.2 Å². The third kappa shape index (κ3) is 5.28. The van der Waals surface area contributed by atoms with Gasteiger partial charge in [-0.2, -0.15) is 0 Å². The van der Waals surface area contributed by atoms with Crippen molar-refractivity contribution in [2.24, 2.45) is 10.9 Å². The van der Waals surface area contributed by atoms with Gasteiger partial charge < -0.3 is 19.7 Å². The molecule has 8 nitrogen and oxygen atoms in total. The Balaban J connectivity index is 1.78. The van der Waals surface area contributed by atoms with Crippen molar-refractivity contribution in [1.29, 1.82) is 0 Å². The number of benzene rings is 2. The quantitative estimate of drug-likeness (QED) is 0.630. The van der Waals surface area contributed by atoms with Crippen LogP contribution in [0, 0.1) is 5.92 Å². The molecule has 1 saturated heterocycles. The summed E-state index contributed by atoms with van der Waals surface area (Å²) in [7, 11) is 6.82. The lowest BCUT2D eigenvalue weighted by atomic mass is 9.91. The fourth-order valence-corrected chi connectivity index (χ4v) is 4.72. The van der Waals surface area contributed by atoms with E-state index >= 15 is 0 Å². The number of amides is 2.